The molecule has 0 radical (unpaired) electrons. The van der Waals surface area contributed by atoms with Crippen molar-refractivity contribution < 1.29 is 19.2 Å². The second-order valence-electron chi connectivity index (χ2n) is 4.29. The van der Waals surface area contributed by atoms with E-state index in [9.17, 15) is 19.6 Å². The number of halogens is 1. The molecule has 2 aromatic rings. The van der Waals surface area contributed by atoms with Gasteiger partial charge in [-0.1, -0.05) is 17.4 Å². The quantitative estimate of drug-likeness (QED) is 0.685. The van der Waals surface area contributed by atoms with Gasteiger partial charge in [-0.2, -0.15) is 0 Å². The largest absolute Gasteiger partial charge is 0.437 e. The first-order valence-electron chi connectivity index (χ1n) is 5.78. The molecule has 7 heteroatoms. The first-order chi connectivity index (χ1) is 9.38. The summed E-state index contributed by atoms with van der Waals surface area (Å²) in [6, 6.07) is 5.51. The molecule has 0 fully saturated rings. The van der Waals surface area contributed by atoms with E-state index in [4.69, 9.17) is 4.74 Å². The Morgan fingerprint density at radius 2 is 2.15 bits per heavy atom. The van der Waals surface area contributed by atoms with Gasteiger partial charge in [0.2, 0.25) is 0 Å². The van der Waals surface area contributed by atoms with Gasteiger partial charge in [0.1, 0.15) is 0 Å². The Morgan fingerprint density at radius 3 is 2.75 bits per heavy atom. The lowest BCUT2D eigenvalue weighted by Crippen LogP contribution is -1.91. The molecule has 0 aliphatic carbocycles. The summed E-state index contributed by atoms with van der Waals surface area (Å²) in [6.07, 6.45) is -0.849. The third-order valence-corrected chi connectivity index (χ3v) is 3.77. The van der Waals surface area contributed by atoms with Crippen LogP contribution >= 0.6 is 11.3 Å². The lowest BCUT2D eigenvalue weighted by Gasteiger charge is -2.05. The van der Waals surface area contributed by atoms with Gasteiger partial charge in [-0.05, 0) is 31.5 Å². The van der Waals surface area contributed by atoms with Crippen molar-refractivity contribution in [2.24, 2.45) is 0 Å². The first-order valence-corrected chi connectivity index (χ1v) is 6.60. The maximum atomic E-state index is 13.6. The molecule has 1 atom stereocenters. The summed E-state index contributed by atoms with van der Waals surface area (Å²) in [4.78, 5) is 10.7. The highest BCUT2D eigenvalue weighted by molar-refractivity contribution is 7.14. The fourth-order valence-corrected chi connectivity index (χ4v) is 2.50. The Morgan fingerprint density at radius 1 is 1.45 bits per heavy atom. The molecule has 0 bridgehead atoms. The van der Waals surface area contributed by atoms with Crippen LogP contribution in [0, 0.1) is 22.9 Å². The predicted molar refractivity (Wildman–Crippen MR) is 72.8 cm³/mol. The van der Waals surface area contributed by atoms with E-state index in [1.165, 1.54) is 25.1 Å². The van der Waals surface area contributed by atoms with Crippen LogP contribution in [0.1, 0.15) is 23.5 Å². The Hall–Kier alpha value is -1.99. The molecule has 0 saturated heterocycles. The molecule has 106 valence electrons. The summed E-state index contributed by atoms with van der Waals surface area (Å²) in [6.45, 7) is 3.25. The molecule has 1 aromatic carbocycles. The van der Waals surface area contributed by atoms with Crippen LogP contribution in [0.3, 0.4) is 0 Å². The van der Waals surface area contributed by atoms with Crippen LogP contribution in [-0.2, 0) is 0 Å². The van der Waals surface area contributed by atoms with Crippen molar-refractivity contribution in [3.05, 3.63) is 50.6 Å². The Kier molecular flexibility index (Phi) is 4.01. The monoisotopic (exact) mass is 297 g/mol. The van der Waals surface area contributed by atoms with Gasteiger partial charge in [0.15, 0.2) is 11.6 Å². The summed E-state index contributed by atoms with van der Waals surface area (Å²) in [7, 11) is 0. The third-order valence-electron chi connectivity index (χ3n) is 2.60. The standard InChI is InChI=1S/C13H12FNO4S/c1-7-3-4-9(14)11(5-7)19-13-10(15(17)18)6-12(20-13)8(2)16/h3-6,8,16H,1-2H3. The SMILES string of the molecule is Cc1ccc(F)c(Oc2sc(C(C)O)cc2[N+](=O)[O-])c1. The molecular weight excluding hydrogens is 285 g/mol. The molecule has 0 aliphatic heterocycles. The normalized spacial score (nSPS) is 12.2. The highest BCUT2D eigenvalue weighted by Gasteiger charge is 2.23. The van der Waals surface area contributed by atoms with Crippen molar-refractivity contribution in [3.8, 4) is 10.8 Å². The van der Waals surface area contributed by atoms with Crippen molar-refractivity contribution in [1.82, 2.24) is 0 Å². The van der Waals surface area contributed by atoms with Crippen LogP contribution < -0.4 is 4.74 Å². The number of aryl methyl sites for hydroxylation is 1. The van der Waals surface area contributed by atoms with Crippen molar-refractivity contribution in [2.75, 3.05) is 0 Å². The number of nitrogens with zero attached hydrogens (tertiary/aromatic N) is 1. The molecule has 5 nitrogen and oxygen atoms in total. The molecule has 0 saturated carbocycles. The third kappa shape index (κ3) is 2.94. The lowest BCUT2D eigenvalue weighted by molar-refractivity contribution is -0.385. The summed E-state index contributed by atoms with van der Waals surface area (Å²) >= 11 is 0.925. The second-order valence-corrected chi connectivity index (χ2v) is 5.34. The van der Waals surface area contributed by atoms with Gasteiger partial charge in [-0.15, -0.1) is 0 Å². The predicted octanol–water partition coefficient (Wildman–Crippen LogP) is 3.95. The van der Waals surface area contributed by atoms with E-state index in [1.54, 1.807) is 13.0 Å². The lowest BCUT2D eigenvalue weighted by atomic mass is 10.2. The molecule has 1 unspecified atom stereocenters. The number of hydrogen-bond acceptors (Lipinski definition) is 5. The van der Waals surface area contributed by atoms with Crippen molar-refractivity contribution in [2.45, 2.75) is 20.0 Å². The van der Waals surface area contributed by atoms with E-state index >= 15 is 0 Å². The molecule has 1 aromatic heterocycles. The van der Waals surface area contributed by atoms with E-state index in [1.807, 2.05) is 0 Å². The van der Waals surface area contributed by atoms with Crippen LogP contribution in [0.25, 0.3) is 0 Å². The van der Waals surface area contributed by atoms with Gasteiger partial charge in [-0.25, -0.2) is 4.39 Å². The average Bonchev–Trinajstić information content (AvgIpc) is 2.78. The van der Waals surface area contributed by atoms with Gasteiger partial charge in [0, 0.05) is 10.9 Å². The number of hydrogen-bond donors (Lipinski definition) is 1. The highest BCUT2D eigenvalue weighted by Crippen LogP contribution is 2.42. The molecule has 0 amide bonds. The number of thiophene rings is 1. The minimum absolute atomic E-state index is 0.0459. The van der Waals surface area contributed by atoms with Crippen molar-refractivity contribution in [3.63, 3.8) is 0 Å². The van der Waals surface area contributed by atoms with E-state index in [-0.39, 0.29) is 16.5 Å². The van der Waals surface area contributed by atoms with E-state index in [2.05, 4.69) is 0 Å². The summed E-state index contributed by atoms with van der Waals surface area (Å²) in [5.74, 6) is -0.677. The number of rotatable bonds is 4. The van der Waals surface area contributed by atoms with Crippen LogP contribution in [-0.4, -0.2) is 10.0 Å². The van der Waals surface area contributed by atoms with E-state index in [0.717, 1.165) is 16.9 Å². The van der Waals surface area contributed by atoms with Gasteiger partial charge in [-0.3, -0.25) is 10.1 Å². The number of aliphatic hydroxyl groups excluding tert-OH is 1. The fourth-order valence-electron chi connectivity index (χ4n) is 1.58. The summed E-state index contributed by atoms with van der Waals surface area (Å²) < 4.78 is 18.9. The Balaban J connectivity index is 2.42. The summed E-state index contributed by atoms with van der Waals surface area (Å²) in [5, 5.41) is 20.4. The Labute approximate surface area is 118 Å². The molecule has 1 heterocycles. The minimum atomic E-state index is -0.849. The maximum absolute atomic E-state index is 13.6. The zero-order chi connectivity index (χ0) is 14.9. The fraction of sp³-hybridized carbons (Fsp3) is 0.231. The van der Waals surface area contributed by atoms with Crippen LogP contribution in [0.4, 0.5) is 10.1 Å². The first kappa shape index (κ1) is 14.4. The average molecular weight is 297 g/mol. The van der Waals surface area contributed by atoms with E-state index in [0.29, 0.717) is 4.88 Å². The van der Waals surface area contributed by atoms with Gasteiger partial charge in [0.05, 0.1) is 11.0 Å². The maximum Gasteiger partial charge on any atom is 0.323 e. The van der Waals surface area contributed by atoms with Crippen LogP contribution in [0.2, 0.25) is 0 Å². The van der Waals surface area contributed by atoms with Gasteiger partial charge in [0.25, 0.3) is 5.06 Å². The van der Waals surface area contributed by atoms with E-state index < -0.39 is 16.8 Å². The molecule has 20 heavy (non-hydrogen) atoms. The van der Waals surface area contributed by atoms with Crippen molar-refractivity contribution >= 4 is 17.0 Å². The topological polar surface area (TPSA) is 72.6 Å². The second kappa shape index (κ2) is 5.56. The number of nitro groups is 1. The molecule has 0 aliphatic rings. The Bertz CT molecular complexity index is 654. The van der Waals surface area contributed by atoms with Crippen molar-refractivity contribution in [1.29, 1.82) is 0 Å². The zero-order valence-electron chi connectivity index (χ0n) is 10.8. The zero-order valence-corrected chi connectivity index (χ0v) is 11.6. The number of ether oxygens (including phenoxy) is 1. The van der Waals surface area contributed by atoms with Crippen LogP contribution in [0.5, 0.6) is 10.8 Å². The molecule has 2 rings (SSSR count). The van der Waals surface area contributed by atoms with Gasteiger partial charge < -0.3 is 9.84 Å². The molecule has 0 spiro atoms. The molecular formula is C13H12FNO4S. The number of benzene rings is 1. The van der Waals surface area contributed by atoms with Gasteiger partial charge >= 0.3 is 5.69 Å². The minimum Gasteiger partial charge on any atom is -0.437 e. The highest BCUT2D eigenvalue weighted by atomic mass is 32.1. The smallest absolute Gasteiger partial charge is 0.323 e. The van der Waals surface area contributed by atoms with Crippen LogP contribution in [0.15, 0.2) is 24.3 Å². The number of aliphatic hydroxyl groups is 1. The summed E-state index contributed by atoms with van der Waals surface area (Å²) in [5.41, 5.74) is 0.489. The molecule has 1 N–H and O–H groups in total.